The zero-order valence-electron chi connectivity index (χ0n) is 13.2. The van der Waals surface area contributed by atoms with E-state index >= 15 is 0 Å². The van der Waals surface area contributed by atoms with Crippen molar-refractivity contribution in [3.63, 3.8) is 0 Å². The summed E-state index contributed by atoms with van der Waals surface area (Å²) in [6, 6.07) is 24.0. The minimum atomic E-state index is 0. The third-order valence-electron chi connectivity index (χ3n) is 2.44. The maximum atomic E-state index is 2.00. The van der Waals surface area contributed by atoms with Gasteiger partial charge in [-0.25, -0.2) is 0 Å². The fourth-order valence-corrected chi connectivity index (χ4v) is 1.41. The maximum absolute atomic E-state index is 2.00. The van der Waals surface area contributed by atoms with E-state index < -0.39 is 0 Å². The standard InChI is InChI=1S/2C6H6.2C5H5.Zr/c2*1-2-4-6-5-3-1;2*1-2-4-5-3-1;/h2*1-6H;2*1-5H;. The van der Waals surface area contributed by atoms with Gasteiger partial charge in [0.05, 0.1) is 0 Å². The molecule has 0 nitrogen and oxygen atoms in total. The van der Waals surface area contributed by atoms with Crippen molar-refractivity contribution in [3.05, 3.63) is 137 Å². The quantitative estimate of drug-likeness (QED) is 0.575. The largest absolute Gasteiger partial charge is 0.0623 e. The van der Waals surface area contributed by atoms with Gasteiger partial charge in [-0.05, 0) is 64.2 Å². The fourth-order valence-electron chi connectivity index (χ4n) is 1.41. The Hall–Kier alpha value is -0.677. The Bertz CT molecular complexity index is 281. The molecule has 4 rings (SSSR count). The minimum absolute atomic E-state index is 0. The molecule has 2 aromatic rings. The normalized spacial score (nSPS) is 14.6. The van der Waals surface area contributed by atoms with E-state index in [1.165, 1.54) is 0 Å². The zero-order chi connectivity index (χ0) is 15.6. The minimum Gasteiger partial charge on any atom is -0.0623 e. The smallest absolute Gasteiger partial charge is 0 e. The molecule has 0 heterocycles. The van der Waals surface area contributed by atoms with Gasteiger partial charge in [-0.2, -0.15) is 0 Å². The number of rotatable bonds is 0. The second kappa shape index (κ2) is 19.4. The summed E-state index contributed by atoms with van der Waals surface area (Å²) >= 11 is 0. The molecule has 0 spiro atoms. The fraction of sp³-hybridized carbons (Fsp3) is 0. The van der Waals surface area contributed by atoms with Crippen LogP contribution in [0.15, 0.2) is 72.8 Å². The van der Waals surface area contributed by atoms with E-state index in [1.54, 1.807) is 0 Å². The Balaban J connectivity index is 0.000000278. The third kappa shape index (κ3) is 17.5. The Labute approximate surface area is 162 Å². The van der Waals surface area contributed by atoms with Crippen LogP contribution in [0.1, 0.15) is 0 Å². The summed E-state index contributed by atoms with van der Waals surface area (Å²) in [6.07, 6.45) is 20.0. The molecule has 0 atom stereocenters. The van der Waals surface area contributed by atoms with Gasteiger partial charge in [0.15, 0.2) is 0 Å². The van der Waals surface area contributed by atoms with Crippen molar-refractivity contribution in [3.8, 4) is 0 Å². The first-order chi connectivity index (χ1) is 11.0. The Morgan fingerprint density at radius 2 is 0.261 bits per heavy atom. The van der Waals surface area contributed by atoms with Crippen molar-refractivity contribution < 1.29 is 26.2 Å². The zero-order valence-corrected chi connectivity index (χ0v) is 15.7. The molecule has 0 aromatic heterocycles. The summed E-state index contributed by atoms with van der Waals surface area (Å²) < 4.78 is 0. The van der Waals surface area contributed by atoms with Crippen molar-refractivity contribution in [2.24, 2.45) is 0 Å². The van der Waals surface area contributed by atoms with Crippen LogP contribution >= 0.6 is 0 Å². The second-order valence-electron chi connectivity index (χ2n) is 4.23. The van der Waals surface area contributed by atoms with Crippen LogP contribution in [0.3, 0.4) is 0 Å². The van der Waals surface area contributed by atoms with Gasteiger partial charge in [-0.3, -0.25) is 0 Å². The number of hydrogen-bond donors (Lipinski definition) is 0. The van der Waals surface area contributed by atoms with Crippen LogP contribution in [0.25, 0.3) is 0 Å². The first-order valence-corrected chi connectivity index (χ1v) is 7.33. The molecule has 2 fully saturated rings. The SMILES string of the molecule is [CH]1[CH][CH][CH][CH]1.[CH]1[CH][CH][CH][CH]1.[Zr].c1ccccc1.c1ccccc1. The van der Waals surface area contributed by atoms with E-state index in [1.807, 2.05) is 137 Å². The van der Waals surface area contributed by atoms with Gasteiger partial charge in [-0.15, -0.1) is 0 Å². The van der Waals surface area contributed by atoms with Crippen LogP contribution in [0.5, 0.6) is 0 Å². The molecule has 2 saturated carbocycles. The molecule has 114 valence electrons. The molecule has 0 N–H and O–H groups in total. The molecular weight excluding hydrogens is 355 g/mol. The molecule has 2 aliphatic carbocycles. The average Bonchev–Trinajstić information content (AvgIpc) is 3.37. The summed E-state index contributed by atoms with van der Waals surface area (Å²) in [4.78, 5) is 0. The molecule has 0 bridgehead atoms. The molecule has 2 aliphatic rings. The maximum Gasteiger partial charge on any atom is 0 e. The van der Waals surface area contributed by atoms with Crippen LogP contribution < -0.4 is 0 Å². The third-order valence-corrected chi connectivity index (χ3v) is 2.44. The van der Waals surface area contributed by atoms with Gasteiger partial charge >= 0.3 is 0 Å². The Kier molecular flexibility index (Phi) is 18.8. The summed E-state index contributed by atoms with van der Waals surface area (Å²) in [6.45, 7) is 0. The first-order valence-electron chi connectivity index (χ1n) is 7.33. The van der Waals surface area contributed by atoms with Crippen molar-refractivity contribution >= 4 is 0 Å². The van der Waals surface area contributed by atoms with E-state index in [2.05, 4.69) is 0 Å². The molecule has 0 amide bonds. The van der Waals surface area contributed by atoms with Crippen LogP contribution in [0.4, 0.5) is 0 Å². The van der Waals surface area contributed by atoms with Gasteiger partial charge in [-0.1, -0.05) is 72.8 Å². The van der Waals surface area contributed by atoms with E-state index in [9.17, 15) is 0 Å². The average molecular weight is 378 g/mol. The molecule has 23 heavy (non-hydrogen) atoms. The monoisotopic (exact) mass is 376 g/mol. The van der Waals surface area contributed by atoms with Gasteiger partial charge < -0.3 is 0 Å². The van der Waals surface area contributed by atoms with Crippen molar-refractivity contribution in [1.82, 2.24) is 0 Å². The van der Waals surface area contributed by atoms with E-state index in [4.69, 9.17) is 0 Å². The summed E-state index contributed by atoms with van der Waals surface area (Å²) in [7, 11) is 0. The molecule has 2 aromatic carbocycles. The van der Waals surface area contributed by atoms with Gasteiger partial charge in [0, 0.05) is 26.2 Å². The summed E-state index contributed by atoms with van der Waals surface area (Å²) in [5.41, 5.74) is 0. The Morgan fingerprint density at radius 1 is 0.174 bits per heavy atom. The molecule has 10 radical (unpaired) electrons. The predicted octanol–water partition coefficient (Wildman–Crippen LogP) is 5.41. The molecule has 0 saturated heterocycles. The molecular formula is C22H22Zr. The summed E-state index contributed by atoms with van der Waals surface area (Å²) in [5, 5.41) is 0. The van der Waals surface area contributed by atoms with Crippen molar-refractivity contribution in [2.75, 3.05) is 0 Å². The van der Waals surface area contributed by atoms with Gasteiger partial charge in [0.1, 0.15) is 0 Å². The Morgan fingerprint density at radius 3 is 0.348 bits per heavy atom. The summed E-state index contributed by atoms with van der Waals surface area (Å²) in [5.74, 6) is 0. The number of hydrogen-bond acceptors (Lipinski definition) is 0. The molecule has 0 unspecified atom stereocenters. The van der Waals surface area contributed by atoms with Crippen LogP contribution in [0, 0.1) is 64.2 Å². The van der Waals surface area contributed by atoms with Crippen LogP contribution in [-0.4, -0.2) is 0 Å². The first kappa shape index (κ1) is 22.3. The van der Waals surface area contributed by atoms with Crippen LogP contribution in [0.2, 0.25) is 0 Å². The van der Waals surface area contributed by atoms with Gasteiger partial charge in [0.2, 0.25) is 0 Å². The van der Waals surface area contributed by atoms with E-state index in [0.29, 0.717) is 0 Å². The topological polar surface area (TPSA) is 0 Å². The van der Waals surface area contributed by atoms with Crippen molar-refractivity contribution in [1.29, 1.82) is 0 Å². The predicted molar refractivity (Wildman–Crippen MR) is 95.9 cm³/mol. The van der Waals surface area contributed by atoms with E-state index in [0.717, 1.165) is 0 Å². The number of benzene rings is 2. The van der Waals surface area contributed by atoms with Crippen molar-refractivity contribution in [2.45, 2.75) is 0 Å². The van der Waals surface area contributed by atoms with Gasteiger partial charge in [0.25, 0.3) is 0 Å². The van der Waals surface area contributed by atoms with Crippen LogP contribution in [-0.2, 0) is 26.2 Å². The second-order valence-corrected chi connectivity index (χ2v) is 4.23. The van der Waals surface area contributed by atoms with E-state index in [-0.39, 0.29) is 26.2 Å². The molecule has 1 heteroatoms. The molecule has 0 aliphatic heterocycles.